The van der Waals surface area contributed by atoms with Crippen LogP contribution in [0.5, 0.6) is 0 Å². The number of carboxylic acids is 1. The fourth-order valence-electron chi connectivity index (χ4n) is 1.94. The summed E-state index contributed by atoms with van der Waals surface area (Å²) in [7, 11) is 0. The van der Waals surface area contributed by atoms with Crippen LogP contribution >= 0.6 is 0 Å². The third-order valence-electron chi connectivity index (χ3n) is 2.75. The van der Waals surface area contributed by atoms with Gasteiger partial charge >= 0.3 is 5.97 Å². The fourth-order valence-corrected chi connectivity index (χ4v) is 1.94. The van der Waals surface area contributed by atoms with Crippen LogP contribution in [0.3, 0.4) is 0 Å². The molecule has 0 spiro atoms. The van der Waals surface area contributed by atoms with Crippen LogP contribution in [0.4, 0.5) is 0 Å². The highest BCUT2D eigenvalue weighted by atomic mass is 16.5. The van der Waals surface area contributed by atoms with E-state index in [0.717, 1.165) is 16.3 Å². The summed E-state index contributed by atoms with van der Waals surface area (Å²) in [6.45, 7) is -0.126. The second-order valence-electron chi connectivity index (χ2n) is 4.08. The molecule has 4 heteroatoms. The number of fused-ring (bicyclic) bond motifs is 1. The van der Waals surface area contributed by atoms with Crippen LogP contribution in [0, 0.1) is 0 Å². The van der Waals surface area contributed by atoms with Crippen molar-refractivity contribution in [3.8, 4) is 0 Å². The van der Waals surface area contributed by atoms with E-state index in [1.165, 1.54) is 0 Å². The van der Waals surface area contributed by atoms with E-state index in [9.17, 15) is 4.79 Å². The van der Waals surface area contributed by atoms with Crippen LogP contribution in [0.15, 0.2) is 42.5 Å². The Kier molecular flexibility index (Phi) is 3.92. The molecule has 0 amide bonds. The molecule has 2 rings (SSSR count). The first-order valence-electron chi connectivity index (χ1n) is 5.71. The third kappa shape index (κ3) is 2.85. The van der Waals surface area contributed by atoms with Crippen LogP contribution < -0.4 is 5.73 Å². The Morgan fingerprint density at radius 2 is 1.94 bits per heavy atom. The largest absolute Gasteiger partial charge is 0.480 e. The van der Waals surface area contributed by atoms with Gasteiger partial charge in [-0.25, -0.2) is 4.79 Å². The van der Waals surface area contributed by atoms with Gasteiger partial charge in [0.15, 0.2) is 0 Å². The Morgan fingerprint density at radius 1 is 1.22 bits per heavy atom. The quantitative estimate of drug-likeness (QED) is 0.844. The van der Waals surface area contributed by atoms with Crippen molar-refractivity contribution in [2.75, 3.05) is 13.2 Å². The van der Waals surface area contributed by atoms with Gasteiger partial charge in [-0.05, 0) is 16.3 Å². The van der Waals surface area contributed by atoms with Crippen molar-refractivity contribution in [3.63, 3.8) is 0 Å². The molecule has 0 fully saturated rings. The molecule has 0 radical (unpaired) electrons. The second kappa shape index (κ2) is 5.62. The third-order valence-corrected chi connectivity index (χ3v) is 2.75. The predicted molar refractivity (Wildman–Crippen MR) is 69.3 cm³/mol. The van der Waals surface area contributed by atoms with E-state index in [4.69, 9.17) is 15.6 Å². The monoisotopic (exact) mass is 245 g/mol. The number of carbonyl (C=O) groups is 1. The first kappa shape index (κ1) is 12.5. The molecule has 0 aliphatic heterocycles. The minimum atomic E-state index is -0.986. The number of benzene rings is 2. The van der Waals surface area contributed by atoms with E-state index >= 15 is 0 Å². The Hall–Kier alpha value is -1.91. The minimum Gasteiger partial charge on any atom is -0.480 e. The van der Waals surface area contributed by atoms with Gasteiger partial charge in [-0.15, -0.1) is 0 Å². The molecule has 0 bridgehead atoms. The summed E-state index contributed by atoms with van der Waals surface area (Å²) in [6.07, 6.45) is 0. The summed E-state index contributed by atoms with van der Waals surface area (Å²) >= 11 is 0. The zero-order chi connectivity index (χ0) is 13.0. The molecule has 0 aliphatic carbocycles. The molecular weight excluding hydrogens is 230 g/mol. The lowest BCUT2D eigenvalue weighted by Gasteiger charge is -2.14. The summed E-state index contributed by atoms with van der Waals surface area (Å²) < 4.78 is 5.04. The van der Waals surface area contributed by atoms with Gasteiger partial charge in [-0.2, -0.15) is 0 Å². The number of nitrogens with two attached hydrogens (primary N) is 1. The lowest BCUT2D eigenvalue weighted by Crippen LogP contribution is -2.19. The molecule has 0 heterocycles. The first-order chi connectivity index (χ1) is 8.68. The van der Waals surface area contributed by atoms with Gasteiger partial charge in [-0.3, -0.25) is 0 Å². The molecule has 0 saturated heterocycles. The number of rotatable bonds is 5. The molecule has 18 heavy (non-hydrogen) atoms. The van der Waals surface area contributed by atoms with E-state index in [1.54, 1.807) is 0 Å². The molecular formula is C14H15NO3. The molecule has 4 nitrogen and oxygen atoms in total. The highest BCUT2D eigenvalue weighted by Gasteiger charge is 2.10. The molecule has 0 aromatic heterocycles. The fraction of sp³-hybridized carbons (Fsp3) is 0.214. The molecule has 2 aromatic rings. The summed E-state index contributed by atoms with van der Waals surface area (Å²) in [5.74, 6) is -0.986. The first-order valence-corrected chi connectivity index (χ1v) is 5.71. The van der Waals surface area contributed by atoms with Crippen molar-refractivity contribution >= 4 is 16.7 Å². The number of carboxylic acid groups (broad SMARTS) is 1. The van der Waals surface area contributed by atoms with Crippen molar-refractivity contribution in [2.24, 2.45) is 5.73 Å². The minimum absolute atomic E-state index is 0.195. The van der Waals surface area contributed by atoms with E-state index < -0.39 is 5.97 Å². The maximum Gasteiger partial charge on any atom is 0.329 e. The highest BCUT2D eigenvalue weighted by Crippen LogP contribution is 2.23. The molecule has 0 aliphatic rings. The average Bonchev–Trinajstić information content (AvgIpc) is 2.37. The van der Waals surface area contributed by atoms with Gasteiger partial charge in [0.05, 0.1) is 12.6 Å². The van der Waals surface area contributed by atoms with Gasteiger partial charge in [0.1, 0.15) is 6.61 Å². The van der Waals surface area contributed by atoms with Crippen molar-refractivity contribution in [2.45, 2.75) is 6.04 Å². The van der Waals surface area contributed by atoms with Crippen LogP contribution in [-0.2, 0) is 9.53 Å². The second-order valence-corrected chi connectivity index (χ2v) is 4.08. The van der Waals surface area contributed by atoms with E-state index in [1.807, 2.05) is 42.5 Å². The Bertz CT molecular complexity index is 548. The zero-order valence-electron chi connectivity index (χ0n) is 9.87. The predicted octanol–water partition coefficient (Wildman–Crippen LogP) is 1.94. The van der Waals surface area contributed by atoms with Crippen LogP contribution in [0.1, 0.15) is 11.6 Å². The lowest BCUT2D eigenvalue weighted by atomic mass is 10.00. The van der Waals surface area contributed by atoms with Crippen LogP contribution in [0.25, 0.3) is 10.8 Å². The maximum atomic E-state index is 10.4. The van der Waals surface area contributed by atoms with E-state index in [-0.39, 0.29) is 19.3 Å². The summed E-state index contributed by atoms with van der Waals surface area (Å²) in [5.41, 5.74) is 7.00. The van der Waals surface area contributed by atoms with Gasteiger partial charge in [0.25, 0.3) is 0 Å². The zero-order valence-corrected chi connectivity index (χ0v) is 9.87. The maximum absolute atomic E-state index is 10.4. The topological polar surface area (TPSA) is 72.5 Å². The Morgan fingerprint density at radius 3 is 2.72 bits per heavy atom. The summed E-state index contributed by atoms with van der Waals surface area (Å²) in [4.78, 5) is 10.4. The van der Waals surface area contributed by atoms with Crippen LogP contribution in [0.2, 0.25) is 0 Å². The van der Waals surface area contributed by atoms with Gasteiger partial charge in [0, 0.05) is 0 Å². The molecule has 1 atom stereocenters. The van der Waals surface area contributed by atoms with Crippen molar-refractivity contribution in [3.05, 3.63) is 48.0 Å². The number of aliphatic carboxylic acids is 1. The molecule has 2 aromatic carbocycles. The summed E-state index contributed by atoms with van der Waals surface area (Å²) in [5, 5.41) is 10.7. The van der Waals surface area contributed by atoms with Crippen molar-refractivity contribution in [1.82, 2.24) is 0 Å². The smallest absolute Gasteiger partial charge is 0.329 e. The van der Waals surface area contributed by atoms with Crippen molar-refractivity contribution in [1.29, 1.82) is 0 Å². The number of hydrogen-bond donors (Lipinski definition) is 2. The van der Waals surface area contributed by atoms with E-state index in [2.05, 4.69) is 0 Å². The van der Waals surface area contributed by atoms with Crippen LogP contribution in [-0.4, -0.2) is 24.3 Å². The lowest BCUT2D eigenvalue weighted by molar-refractivity contribution is -0.142. The number of hydrogen-bond acceptors (Lipinski definition) is 3. The van der Waals surface area contributed by atoms with E-state index in [0.29, 0.717) is 0 Å². The highest BCUT2D eigenvalue weighted by molar-refractivity contribution is 5.86. The molecule has 94 valence electrons. The molecule has 3 N–H and O–H groups in total. The molecule has 0 saturated carbocycles. The standard InChI is InChI=1S/C14H15NO3/c15-13(8-18-9-14(16)17)12-7-3-5-10-4-1-2-6-11(10)12/h1-7,13H,8-9,15H2,(H,16,17). The van der Waals surface area contributed by atoms with Gasteiger partial charge in [0.2, 0.25) is 0 Å². The Labute approximate surface area is 105 Å². The Balaban J connectivity index is 2.17. The average molecular weight is 245 g/mol. The number of ether oxygens (including phenoxy) is 1. The normalized spacial score (nSPS) is 12.5. The SMILES string of the molecule is NC(COCC(=O)O)c1cccc2ccccc12. The van der Waals surface area contributed by atoms with Gasteiger partial charge < -0.3 is 15.6 Å². The van der Waals surface area contributed by atoms with Crippen molar-refractivity contribution < 1.29 is 14.6 Å². The summed E-state index contributed by atoms with van der Waals surface area (Å²) in [6, 6.07) is 13.5. The van der Waals surface area contributed by atoms with Gasteiger partial charge in [-0.1, -0.05) is 42.5 Å². The molecule has 1 unspecified atom stereocenters.